The summed E-state index contributed by atoms with van der Waals surface area (Å²) in [5.41, 5.74) is 10.1. The van der Waals surface area contributed by atoms with Gasteiger partial charge in [0.05, 0.1) is 0 Å². The second kappa shape index (κ2) is 21.2. The topological polar surface area (TPSA) is 0 Å². The van der Waals surface area contributed by atoms with Gasteiger partial charge < -0.3 is 0 Å². The molecule has 0 N–H and O–H groups in total. The van der Waals surface area contributed by atoms with Crippen LogP contribution in [0.15, 0.2) is 94.7 Å². The smallest absolute Gasteiger partial charge is 0.0250 e. The van der Waals surface area contributed by atoms with Crippen LogP contribution < -0.4 is 0 Å². The molecule has 0 amide bonds. The lowest BCUT2D eigenvalue weighted by atomic mass is 10.0. The van der Waals surface area contributed by atoms with E-state index in [1.165, 1.54) is 72.0 Å². The molecule has 0 nitrogen and oxygen atoms in total. The molecule has 196 valence electrons. The lowest BCUT2D eigenvalue weighted by molar-refractivity contribution is 0.884. The van der Waals surface area contributed by atoms with E-state index in [0.29, 0.717) is 0 Å². The Morgan fingerprint density at radius 3 is 0.943 bits per heavy atom. The van der Waals surface area contributed by atoms with Gasteiger partial charge in [0.2, 0.25) is 0 Å². The lowest BCUT2D eigenvalue weighted by Crippen LogP contribution is -1.83. The van der Waals surface area contributed by atoms with Gasteiger partial charge in [-0.25, -0.2) is 0 Å². The van der Waals surface area contributed by atoms with Gasteiger partial charge >= 0.3 is 0 Å². The fraction of sp³-hybridized carbons (Fsp3) is 0.543. The Bertz CT molecular complexity index is 797. The van der Waals surface area contributed by atoms with Crippen LogP contribution in [0.4, 0.5) is 0 Å². The van der Waals surface area contributed by atoms with Crippen molar-refractivity contribution in [3.63, 3.8) is 0 Å². The van der Waals surface area contributed by atoms with Gasteiger partial charge in [0.15, 0.2) is 0 Å². The second-order valence-corrected chi connectivity index (χ2v) is 10.6. The molecular formula is C35H56. The summed E-state index contributed by atoms with van der Waals surface area (Å²) in [6.07, 6.45) is 30.1. The van der Waals surface area contributed by atoms with E-state index in [2.05, 4.69) is 98.1 Å². The van der Waals surface area contributed by atoms with Crippen molar-refractivity contribution in [2.45, 2.75) is 126 Å². The van der Waals surface area contributed by atoms with Crippen molar-refractivity contribution in [2.24, 2.45) is 0 Å². The Morgan fingerprint density at radius 2 is 0.686 bits per heavy atom. The van der Waals surface area contributed by atoms with Crippen LogP contribution in [0, 0.1) is 0 Å². The minimum atomic E-state index is 1.02. The summed E-state index contributed by atoms with van der Waals surface area (Å²) in [6.45, 7) is 23.5. The van der Waals surface area contributed by atoms with Crippen LogP contribution in [0.3, 0.4) is 0 Å². The predicted molar refractivity (Wildman–Crippen MR) is 163 cm³/mol. The van der Waals surface area contributed by atoms with Gasteiger partial charge in [-0.1, -0.05) is 94.7 Å². The zero-order chi connectivity index (χ0) is 26.5. The van der Waals surface area contributed by atoms with Crippen LogP contribution in [-0.2, 0) is 0 Å². The van der Waals surface area contributed by atoms with Crippen molar-refractivity contribution in [3.8, 4) is 0 Å². The molecule has 35 heavy (non-hydrogen) atoms. The maximum Gasteiger partial charge on any atom is -0.0250 e. The van der Waals surface area contributed by atoms with E-state index < -0.39 is 0 Å². The summed E-state index contributed by atoms with van der Waals surface area (Å²) < 4.78 is 0. The second-order valence-electron chi connectivity index (χ2n) is 10.6. The molecule has 0 unspecified atom stereocenters. The minimum absolute atomic E-state index is 1.02. The summed E-state index contributed by atoms with van der Waals surface area (Å²) >= 11 is 0. The molecule has 0 spiro atoms. The molecule has 0 saturated carbocycles. The normalized spacial score (nSPS) is 13.7. The van der Waals surface area contributed by atoms with Crippen molar-refractivity contribution >= 4 is 0 Å². The highest BCUT2D eigenvalue weighted by Gasteiger charge is 1.96. The molecule has 0 aromatic heterocycles. The zero-order valence-corrected chi connectivity index (χ0v) is 24.4. The number of hydrogen-bond acceptors (Lipinski definition) is 0. The molecule has 0 heteroatoms. The van der Waals surface area contributed by atoms with Crippen molar-refractivity contribution in [3.05, 3.63) is 94.7 Å². The van der Waals surface area contributed by atoms with E-state index in [0.717, 1.165) is 44.1 Å². The van der Waals surface area contributed by atoms with Gasteiger partial charge in [0.1, 0.15) is 0 Å². The van der Waals surface area contributed by atoms with Crippen molar-refractivity contribution in [1.29, 1.82) is 0 Å². The summed E-state index contributed by atoms with van der Waals surface area (Å²) in [7, 11) is 0. The van der Waals surface area contributed by atoms with Crippen LogP contribution >= 0.6 is 0 Å². The fourth-order valence-corrected chi connectivity index (χ4v) is 3.89. The predicted octanol–water partition coefficient (Wildman–Crippen LogP) is 12.1. The largest absolute Gasteiger partial charge is 0.0988 e. The highest BCUT2D eigenvalue weighted by molar-refractivity contribution is 5.13. The maximum atomic E-state index is 3.98. The van der Waals surface area contributed by atoms with Crippen molar-refractivity contribution in [1.82, 2.24) is 0 Å². The van der Waals surface area contributed by atoms with E-state index in [1.54, 1.807) is 0 Å². The standard InChI is InChI=1S/C35H56/c1-10-30(4)18-12-20-32(6)22-14-24-34(8)26-16-28-35(9)27-15-25-33(7)23-13-21-31(5)19-11-17-29(2)3/h10,17,20-21,24-25,28H,1,4,11-16,18-19,22-23,26-27H2,2-3,5-9H3. The molecule has 0 heterocycles. The number of rotatable bonds is 19. The average molecular weight is 477 g/mol. The van der Waals surface area contributed by atoms with Gasteiger partial charge in [0, 0.05) is 0 Å². The first-order valence-corrected chi connectivity index (χ1v) is 13.9. The Hall–Kier alpha value is -2.08. The molecule has 0 rings (SSSR count). The van der Waals surface area contributed by atoms with Gasteiger partial charge in [-0.15, -0.1) is 0 Å². The Balaban J connectivity index is 4.13. The minimum Gasteiger partial charge on any atom is -0.0988 e. The molecule has 0 radical (unpaired) electrons. The number of allylic oxidation sites excluding steroid dienone is 14. The summed E-state index contributed by atoms with van der Waals surface area (Å²) in [4.78, 5) is 0. The third-order valence-electron chi connectivity index (χ3n) is 6.46. The maximum absolute atomic E-state index is 3.98. The third-order valence-corrected chi connectivity index (χ3v) is 6.46. The first-order valence-electron chi connectivity index (χ1n) is 13.9. The Labute approximate surface area is 220 Å². The molecule has 0 aromatic carbocycles. The summed E-state index contributed by atoms with van der Waals surface area (Å²) in [6, 6.07) is 0. The van der Waals surface area contributed by atoms with E-state index in [9.17, 15) is 0 Å². The van der Waals surface area contributed by atoms with E-state index >= 15 is 0 Å². The van der Waals surface area contributed by atoms with Crippen LogP contribution in [0.1, 0.15) is 126 Å². The average Bonchev–Trinajstić information content (AvgIpc) is 2.78. The first kappa shape index (κ1) is 32.9. The molecule has 0 bridgehead atoms. The first-order chi connectivity index (χ1) is 16.6. The lowest BCUT2D eigenvalue weighted by Gasteiger charge is -2.04. The quantitative estimate of drug-likeness (QED) is 0.128. The molecule has 0 aromatic rings. The molecule has 0 aliphatic carbocycles. The van der Waals surface area contributed by atoms with E-state index in [1.807, 2.05) is 6.08 Å². The molecular weight excluding hydrogens is 420 g/mol. The van der Waals surface area contributed by atoms with Gasteiger partial charge in [-0.2, -0.15) is 0 Å². The van der Waals surface area contributed by atoms with Crippen LogP contribution in [0.2, 0.25) is 0 Å². The SMILES string of the molecule is C=CC(=C)CCC=C(C)CCC=C(C)CCC=C(C)CCC=C(C)CCC=C(C)CCC=C(C)C. The van der Waals surface area contributed by atoms with E-state index in [-0.39, 0.29) is 0 Å². The molecule has 0 atom stereocenters. The number of hydrogen-bond donors (Lipinski definition) is 0. The van der Waals surface area contributed by atoms with Gasteiger partial charge in [0.25, 0.3) is 0 Å². The fourth-order valence-electron chi connectivity index (χ4n) is 3.89. The van der Waals surface area contributed by atoms with Crippen molar-refractivity contribution < 1.29 is 0 Å². The van der Waals surface area contributed by atoms with Crippen LogP contribution in [0.5, 0.6) is 0 Å². The summed E-state index contributed by atoms with van der Waals surface area (Å²) in [5, 5.41) is 0. The zero-order valence-electron chi connectivity index (χ0n) is 24.4. The Morgan fingerprint density at radius 1 is 0.429 bits per heavy atom. The van der Waals surface area contributed by atoms with Gasteiger partial charge in [-0.3, -0.25) is 0 Å². The highest BCUT2D eigenvalue weighted by Crippen LogP contribution is 2.16. The van der Waals surface area contributed by atoms with Crippen LogP contribution in [-0.4, -0.2) is 0 Å². The molecule has 0 fully saturated rings. The molecule has 0 aliphatic heterocycles. The molecule has 0 saturated heterocycles. The Kier molecular flexibility index (Phi) is 20.0. The molecule has 0 aliphatic rings. The highest BCUT2D eigenvalue weighted by atomic mass is 14.0. The van der Waals surface area contributed by atoms with E-state index in [4.69, 9.17) is 0 Å². The monoisotopic (exact) mass is 476 g/mol. The summed E-state index contributed by atoms with van der Waals surface area (Å²) in [5.74, 6) is 0. The van der Waals surface area contributed by atoms with Gasteiger partial charge in [-0.05, 0) is 126 Å². The van der Waals surface area contributed by atoms with Crippen molar-refractivity contribution in [2.75, 3.05) is 0 Å². The van der Waals surface area contributed by atoms with Crippen LogP contribution in [0.25, 0.3) is 0 Å². The third kappa shape index (κ3) is 22.1.